The van der Waals surface area contributed by atoms with Crippen molar-refractivity contribution in [1.29, 1.82) is 0 Å². The second kappa shape index (κ2) is 5.49. The fraction of sp³-hybridized carbons (Fsp3) is 0.500. The van der Waals surface area contributed by atoms with Crippen molar-refractivity contribution in [3.63, 3.8) is 0 Å². The van der Waals surface area contributed by atoms with Crippen LogP contribution in [0.15, 0.2) is 16.6 Å². The van der Waals surface area contributed by atoms with E-state index in [1.807, 2.05) is 0 Å². The molecule has 0 saturated heterocycles. The molecule has 3 nitrogen and oxygen atoms in total. The Kier molecular flexibility index (Phi) is 4.13. The number of hydrogen-bond donors (Lipinski definition) is 1. The Balaban J connectivity index is 2.38. The third-order valence-electron chi connectivity index (χ3n) is 3.15. The van der Waals surface area contributed by atoms with Gasteiger partial charge in [-0.2, -0.15) is 0 Å². The molecule has 0 spiro atoms. The number of anilines is 1. The summed E-state index contributed by atoms with van der Waals surface area (Å²) < 4.78 is 14.4. The van der Waals surface area contributed by atoms with E-state index in [4.69, 9.17) is 5.11 Å². The Hall–Kier alpha value is -1.10. The minimum atomic E-state index is -1.13. The van der Waals surface area contributed by atoms with Crippen LogP contribution in [0.2, 0.25) is 0 Å². The van der Waals surface area contributed by atoms with Gasteiger partial charge in [0, 0.05) is 12.6 Å². The summed E-state index contributed by atoms with van der Waals surface area (Å²) in [7, 11) is 0. The SMILES string of the molecule is CC(C)CN(c1ccc(C(=O)O)c(Br)c1F)C1CC1. The van der Waals surface area contributed by atoms with E-state index in [2.05, 4.69) is 34.7 Å². The van der Waals surface area contributed by atoms with Gasteiger partial charge < -0.3 is 10.0 Å². The third-order valence-corrected chi connectivity index (χ3v) is 3.93. The van der Waals surface area contributed by atoms with Gasteiger partial charge in [-0.05, 0) is 46.8 Å². The topological polar surface area (TPSA) is 40.5 Å². The summed E-state index contributed by atoms with van der Waals surface area (Å²) in [5, 5.41) is 8.98. The Morgan fingerprint density at radius 1 is 1.53 bits per heavy atom. The fourth-order valence-electron chi connectivity index (χ4n) is 2.15. The van der Waals surface area contributed by atoms with Crippen molar-refractivity contribution in [2.75, 3.05) is 11.4 Å². The second-order valence-corrected chi connectivity index (χ2v) is 6.14. The zero-order valence-corrected chi connectivity index (χ0v) is 12.6. The van der Waals surface area contributed by atoms with Crippen LogP contribution in [0.4, 0.5) is 10.1 Å². The Morgan fingerprint density at radius 2 is 2.16 bits per heavy atom. The van der Waals surface area contributed by atoms with E-state index in [0.717, 1.165) is 19.4 Å². The normalized spacial score (nSPS) is 14.8. The van der Waals surface area contributed by atoms with Crippen LogP contribution in [0.3, 0.4) is 0 Å². The van der Waals surface area contributed by atoms with Crippen LogP contribution in [-0.2, 0) is 0 Å². The van der Waals surface area contributed by atoms with Gasteiger partial charge in [0.05, 0.1) is 15.7 Å². The first-order valence-electron chi connectivity index (χ1n) is 6.39. The Bertz CT molecular complexity index is 500. The van der Waals surface area contributed by atoms with E-state index in [0.29, 0.717) is 17.6 Å². The highest BCUT2D eigenvalue weighted by molar-refractivity contribution is 9.10. The van der Waals surface area contributed by atoms with E-state index < -0.39 is 11.8 Å². The van der Waals surface area contributed by atoms with Crippen LogP contribution in [0.5, 0.6) is 0 Å². The highest BCUT2D eigenvalue weighted by atomic mass is 79.9. The number of carboxylic acid groups (broad SMARTS) is 1. The molecule has 1 saturated carbocycles. The van der Waals surface area contributed by atoms with Crippen molar-refractivity contribution in [3.8, 4) is 0 Å². The lowest BCUT2D eigenvalue weighted by Crippen LogP contribution is -2.30. The average Bonchev–Trinajstić information content (AvgIpc) is 3.13. The number of halogens is 2. The molecular weight excluding hydrogens is 313 g/mol. The predicted octanol–water partition coefficient (Wildman–Crippen LogP) is 3.91. The zero-order chi connectivity index (χ0) is 14.2. The number of carbonyl (C=O) groups is 1. The minimum absolute atomic E-state index is 0.0342. The number of carboxylic acids is 1. The number of hydrogen-bond acceptors (Lipinski definition) is 2. The summed E-state index contributed by atoms with van der Waals surface area (Å²) >= 11 is 3.05. The van der Waals surface area contributed by atoms with Gasteiger partial charge in [0.15, 0.2) is 5.82 Å². The fourth-order valence-corrected chi connectivity index (χ4v) is 2.65. The molecule has 0 heterocycles. The van der Waals surface area contributed by atoms with Crippen LogP contribution in [0.25, 0.3) is 0 Å². The molecule has 1 aromatic carbocycles. The summed E-state index contributed by atoms with van der Waals surface area (Å²) in [6.07, 6.45) is 2.15. The van der Waals surface area contributed by atoms with Crippen molar-refractivity contribution in [3.05, 3.63) is 28.0 Å². The van der Waals surface area contributed by atoms with E-state index >= 15 is 0 Å². The van der Waals surface area contributed by atoms with Gasteiger partial charge in [-0.25, -0.2) is 9.18 Å². The molecule has 1 N–H and O–H groups in total. The first-order chi connectivity index (χ1) is 8.91. The summed E-state index contributed by atoms with van der Waals surface area (Å²) in [5.74, 6) is -1.18. The molecule has 1 fully saturated rings. The molecule has 1 aliphatic rings. The summed E-state index contributed by atoms with van der Waals surface area (Å²) in [4.78, 5) is 13.0. The maximum atomic E-state index is 14.4. The van der Waals surface area contributed by atoms with Crippen LogP contribution < -0.4 is 4.90 Å². The molecule has 2 rings (SSSR count). The monoisotopic (exact) mass is 329 g/mol. The lowest BCUT2D eigenvalue weighted by atomic mass is 10.1. The first kappa shape index (κ1) is 14.3. The van der Waals surface area contributed by atoms with Crippen molar-refractivity contribution in [2.24, 2.45) is 5.92 Å². The number of nitrogens with zero attached hydrogens (tertiary/aromatic N) is 1. The lowest BCUT2D eigenvalue weighted by Gasteiger charge is -2.27. The standard InChI is InChI=1S/C14H17BrFNO2/c1-8(2)7-17(9-3-4-9)11-6-5-10(14(18)19)12(15)13(11)16/h5-6,8-9H,3-4,7H2,1-2H3,(H,18,19). The zero-order valence-electron chi connectivity index (χ0n) is 11.0. The lowest BCUT2D eigenvalue weighted by molar-refractivity contribution is 0.0695. The molecule has 0 bridgehead atoms. The molecular formula is C14H17BrFNO2. The molecule has 0 amide bonds. The smallest absolute Gasteiger partial charge is 0.336 e. The average molecular weight is 330 g/mol. The third kappa shape index (κ3) is 3.08. The molecule has 1 aromatic rings. The van der Waals surface area contributed by atoms with Crippen LogP contribution in [-0.4, -0.2) is 23.7 Å². The van der Waals surface area contributed by atoms with Gasteiger partial charge in [-0.1, -0.05) is 13.8 Å². The van der Waals surface area contributed by atoms with E-state index in [-0.39, 0.29) is 10.0 Å². The molecule has 0 aromatic heterocycles. The highest BCUT2D eigenvalue weighted by Crippen LogP contribution is 2.36. The van der Waals surface area contributed by atoms with Crippen LogP contribution in [0, 0.1) is 11.7 Å². The van der Waals surface area contributed by atoms with E-state index in [1.165, 1.54) is 6.07 Å². The van der Waals surface area contributed by atoms with Crippen LogP contribution in [0.1, 0.15) is 37.0 Å². The van der Waals surface area contributed by atoms with Crippen LogP contribution >= 0.6 is 15.9 Å². The Morgan fingerprint density at radius 3 is 2.63 bits per heavy atom. The van der Waals surface area contributed by atoms with Crippen molar-refractivity contribution < 1.29 is 14.3 Å². The molecule has 0 radical (unpaired) electrons. The summed E-state index contributed by atoms with van der Waals surface area (Å²) in [5.41, 5.74) is 0.453. The van der Waals surface area contributed by atoms with Gasteiger partial charge in [0.2, 0.25) is 0 Å². The highest BCUT2D eigenvalue weighted by Gasteiger charge is 2.32. The molecule has 0 unspecified atom stereocenters. The molecule has 19 heavy (non-hydrogen) atoms. The maximum Gasteiger partial charge on any atom is 0.336 e. The number of benzene rings is 1. The molecule has 0 atom stereocenters. The van der Waals surface area contributed by atoms with Crippen molar-refractivity contribution in [1.82, 2.24) is 0 Å². The minimum Gasteiger partial charge on any atom is -0.478 e. The number of rotatable bonds is 5. The molecule has 0 aliphatic heterocycles. The maximum absolute atomic E-state index is 14.4. The van der Waals surface area contributed by atoms with Gasteiger partial charge in [0.25, 0.3) is 0 Å². The second-order valence-electron chi connectivity index (χ2n) is 5.34. The molecule has 5 heteroatoms. The van der Waals surface area contributed by atoms with Crippen molar-refractivity contribution in [2.45, 2.75) is 32.7 Å². The quantitative estimate of drug-likeness (QED) is 0.890. The van der Waals surface area contributed by atoms with Gasteiger partial charge in [-0.15, -0.1) is 0 Å². The van der Waals surface area contributed by atoms with Gasteiger partial charge in [0.1, 0.15) is 0 Å². The Labute approximate surface area is 120 Å². The largest absolute Gasteiger partial charge is 0.478 e. The molecule has 104 valence electrons. The van der Waals surface area contributed by atoms with Gasteiger partial charge in [-0.3, -0.25) is 0 Å². The van der Waals surface area contributed by atoms with Crippen molar-refractivity contribution >= 4 is 27.6 Å². The van der Waals surface area contributed by atoms with E-state index in [9.17, 15) is 9.18 Å². The first-order valence-corrected chi connectivity index (χ1v) is 7.19. The number of aromatic carboxylic acids is 1. The van der Waals surface area contributed by atoms with E-state index in [1.54, 1.807) is 6.07 Å². The summed E-state index contributed by atoms with van der Waals surface area (Å²) in [6, 6.07) is 3.42. The van der Waals surface area contributed by atoms with Gasteiger partial charge >= 0.3 is 5.97 Å². The predicted molar refractivity (Wildman–Crippen MR) is 76.3 cm³/mol. The summed E-state index contributed by atoms with van der Waals surface area (Å²) in [6.45, 7) is 4.96. The molecule has 1 aliphatic carbocycles.